The van der Waals surface area contributed by atoms with Gasteiger partial charge in [0.05, 0.1) is 12.8 Å². The number of hydrogen-bond acceptors (Lipinski definition) is 5. The van der Waals surface area contributed by atoms with Crippen LogP contribution in [0.15, 0.2) is 79.1 Å². The SMILES string of the molecule is COc1ccc(-n2cnc3c2C(=O)CC(c2ccc(-c4ccccc4CN4CCCC4)cc2)NC3)cc1. The van der Waals surface area contributed by atoms with Crippen molar-refractivity contribution >= 4 is 5.78 Å². The van der Waals surface area contributed by atoms with E-state index >= 15 is 0 Å². The van der Waals surface area contributed by atoms with Gasteiger partial charge in [-0.05, 0) is 72.5 Å². The summed E-state index contributed by atoms with van der Waals surface area (Å²) in [4.78, 5) is 20.5. The zero-order valence-electron chi connectivity index (χ0n) is 21.2. The van der Waals surface area contributed by atoms with Gasteiger partial charge >= 0.3 is 0 Å². The minimum Gasteiger partial charge on any atom is -0.497 e. The number of imidazole rings is 1. The third-order valence-electron chi connectivity index (χ3n) is 7.60. The van der Waals surface area contributed by atoms with Crippen molar-refractivity contribution in [2.24, 2.45) is 0 Å². The molecule has 3 aromatic carbocycles. The van der Waals surface area contributed by atoms with Gasteiger partial charge in [-0.15, -0.1) is 0 Å². The van der Waals surface area contributed by atoms with E-state index in [1.54, 1.807) is 13.4 Å². The van der Waals surface area contributed by atoms with Crippen LogP contribution in [0.4, 0.5) is 0 Å². The number of rotatable bonds is 6. The van der Waals surface area contributed by atoms with Crippen molar-refractivity contribution in [1.82, 2.24) is 19.8 Å². The van der Waals surface area contributed by atoms with Crippen LogP contribution in [-0.4, -0.2) is 40.4 Å². The molecule has 6 nitrogen and oxygen atoms in total. The smallest absolute Gasteiger partial charge is 0.183 e. The molecule has 0 amide bonds. The number of likely N-dealkylation sites (tertiary alicyclic amines) is 1. The number of aromatic nitrogens is 2. The molecule has 1 saturated heterocycles. The van der Waals surface area contributed by atoms with Crippen molar-refractivity contribution in [2.45, 2.75) is 38.4 Å². The van der Waals surface area contributed by atoms with E-state index in [2.05, 4.69) is 63.7 Å². The number of carbonyl (C=O) groups excluding carboxylic acids is 1. The van der Waals surface area contributed by atoms with Crippen LogP contribution in [0, 0.1) is 0 Å². The van der Waals surface area contributed by atoms with Crippen LogP contribution in [0.25, 0.3) is 16.8 Å². The number of ketones is 1. The number of methoxy groups -OCH3 is 1. The van der Waals surface area contributed by atoms with E-state index in [0.29, 0.717) is 18.7 Å². The molecule has 1 atom stereocenters. The number of ether oxygens (including phenoxy) is 1. The zero-order chi connectivity index (χ0) is 25.2. The topological polar surface area (TPSA) is 59.4 Å². The third kappa shape index (κ3) is 4.82. The molecule has 188 valence electrons. The van der Waals surface area contributed by atoms with Crippen LogP contribution >= 0.6 is 0 Å². The molecule has 6 rings (SSSR count). The molecular formula is C31H32N4O2. The maximum Gasteiger partial charge on any atom is 0.183 e. The maximum atomic E-state index is 13.4. The highest BCUT2D eigenvalue weighted by Crippen LogP contribution is 2.30. The lowest BCUT2D eigenvalue weighted by molar-refractivity contribution is 0.0966. The van der Waals surface area contributed by atoms with Gasteiger partial charge in [0, 0.05) is 31.2 Å². The zero-order valence-corrected chi connectivity index (χ0v) is 21.2. The first-order valence-electron chi connectivity index (χ1n) is 13.1. The fourth-order valence-electron chi connectivity index (χ4n) is 5.57. The average molecular weight is 493 g/mol. The monoisotopic (exact) mass is 492 g/mol. The summed E-state index contributed by atoms with van der Waals surface area (Å²) >= 11 is 0. The average Bonchev–Trinajstić information content (AvgIpc) is 3.58. The van der Waals surface area contributed by atoms with E-state index in [1.165, 1.54) is 42.6 Å². The number of fused-ring (bicyclic) bond motifs is 1. The number of carbonyl (C=O) groups is 1. The molecular weight excluding hydrogens is 460 g/mol. The Bertz CT molecular complexity index is 1390. The number of nitrogens with zero attached hydrogens (tertiary/aromatic N) is 3. The maximum absolute atomic E-state index is 13.4. The molecule has 1 fully saturated rings. The molecule has 0 spiro atoms. The van der Waals surface area contributed by atoms with Crippen LogP contribution in [-0.2, 0) is 13.1 Å². The predicted octanol–water partition coefficient (Wildman–Crippen LogP) is 5.56. The lowest BCUT2D eigenvalue weighted by atomic mass is 9.95. The minimum absolute atomic E-state index is 0.0556. The summed E-state index contributed by atoms with van der Waals surface area (Å²) < 4.78 is 7.16. The first-order valence-corrected chi connectivity index (χ1v) is 13.1. The van der Waals surface area contributed by atoms with Gasteiger partial charge in [0.25, 0.3) is 0 Å². The van der Waals surface area contributed by atoms with Gasteiger partial charge in [-0.3, -0.25) is 14.3 Å². The van der Waals surface area contributed by atoms with Crippen molar-refractivity contribution in [3.05, 3.63) is 102 Å². The van der Waals surface area contributed by atoms with Crippen LogP contribution in [0.2, 0.25) is 0 Å². The lowest BCUT2D eigenvalue weighted by Gasteiger charge is -2.19. The van der Waals surface area contributed by atoms with Gasteiger partial charge in [0.1, 0.15) is 17.8 Å². The summed E-state index contributed by atoms with van der Waals surface area (Å²) in [5.74, 6) is 0.878. The fourth-order valence-corrected chi connectivity index (χ4v) is 5.57. The highest BCUT2D eigenvalue weighted by atomic mass is 16.5. The Morgan fingerprint density at radius 2 is 1.73 bits per heavy atom. The van der Waals surface area contributed by atoms with E-state index in [0.717, 1.165) is 29.2 Å². The Labute approximate surface area is 217 Å². The summed E-state index contributed by atoms with van der Waals surface area (Å²) in [7, 11) is 1.65. The predicted molar refractivity (Wildman–Crippen MR) is 145 cm³/mol. The lowest BCUT2D eigenvalue weighted by Crippen LogP contribution is -2.20. The Hall–Kier alpha value is -3.74. The molecule has 2 aliphatic rings. The van der Waals surface area contributed by atoms with Gasteiger partial charge in [-0.25, -0.2) is 4.98 Å². The van der Waals surface area contributed by atoms with Crippen LogP contribution in [0.5, 0.6) is 5.75 Å². The molecule has 0 aliphatic carbocycles. The van der Waals surface area contributed by atoms with Crippen LogP contribution in [0.1, 0.15) is 52.6 Å². The van der Waals surface area contributed by atoms with Crippen LogP contribution < -0.4 is 10.1 Å². The second-order valence-corrected chi connectivity index (χ2v) is 9.93. The quantitative estimate of drug-likeness (QED) is 0.382. The Morgan fingerprint density at radius 1 is 0.973 bits per heavy atom. The standard InChI is InChI=1S/C31H32N4O2/c1-37-26-14-12-25(13-15-26)35-21-33-29-19-32-28(18-30(36)31(29)35)23-10-8-22(9-11-23)27-7-3-2-6-24(27)20-34-16-4-5-17-34/h2-3,6-15,21,28,32H,4-5,16-20H2,1H3. The van der Waals surface area contributed by atoms with E-state index in [1.807, 2.05) is 28.8 Å². The number of Topliss-reactive ketones (excluding diaryl/α,β-unsaturated/α-hetero) is 1. The third-order valence-corrected chi connectivity index (χ3v) is 7.60. The molecule has 1 N–H and O–H groups in total. The summed E-state index contributed by atoms with van der Waals surface area (Å²) in [6.07, 6.45) is 4.72. The first-order chi connectivity index (χ1) is 18.2. The molecule has 1 unspecified atom stereocenters. The molecule has 0 saturated carbocycles. The van der Waals surface area contributed by atoms with E-state index in [-0.39, 0.29) is 11.8 Å². The van der Waals surface area contributed by atoms with Gasteiger partial charge in [-0.1, -0.05) is 48.5 Å². The highest BCUT2D eigenvalue weighted by Gasteiger charge is 2.27. The van der Waals surface area contributed by atoms with Crippen molar-refractivity contribution in [3.63, 3.8) is 0 Å². The number of nitrogens with one attached hydrogen (secondary N) is 1. The second-order valence-electron chi connectivity index (χ2n) is 9.93. The van der Waals surface area contributed by atoms with Crippen LogP contribution in [0.3, 0.4) is 0 Å². The molecule has 0 bridgehead atoms. The van der Waals surface area contributed by atoms with Gasteiger partial charge in [0.15, 0.2) is 5.78 Å². The summed E-state index contributed by atoms with van der Waals surface area (Å²) in [5, 5.41) is 3.56. The van der Waals surface area contributed by atoms with Crippen molar-refractivity contribution < 1.29 is 9.53 Å². The number of benzene rings is 3. The van der Waals surface area contributed by atoms with Gasteiger partial charge < -0.3 is 10.1 Å². The molecule has 6 heteroatoms. The van der Waals surface area contributed by atoms with Gasteiger partial charge in [0.2, 0.25) is 0 Å². The Kier molecular flexibility index (Phi) is 6.60. The molecule has 3 heterocycles. The van der Waals surface area contributed by atoms with E-state index < -0.39 is 0 Å². The van der Waals surface area contributed by atoms with Crippen molar-refractivity contribution in [1.29, 1.82) is 0 Å². The summed E-state index contributed by atoms with van der Waals surface area (Å²) in [6, 6.07) is 25.1. The molecule has 4 aromatic rings. The Balaban J connectivity index is 1.21. The Morgan fingerprint density at radius 3 is 2.49 bits per heavy atom. The molecule has 1 aromatic heterocycles. The summed E-state index contributed by atoms with van der Waals surface area (Å²) in [6.45, 7) is 3.92. The largest absolute Gasteiger partial charge is 0.497 e. The molecule has 0 radical (unpaired) electrons. The summed E-state index contributed by atoms with van der Waals surface area (Å²) in [5.41, 5.74) is 7.35. The van der Waals surface area contributed by atoms with Crippen molar-refractivity contribution in [2.75, 3.05) is 20.2 Å². The van der Waals surface area contributed by atoms with E-state index in [9.17, 15) is 4.79 Å². The molecule has 2 aliphatic heterocycles. The first kappa shape index (κ1) is 23.6. The van der Waals surface area contributed by atoms with Crippen molar-refractivity contribution in [3.8, 4) is 22.6 Å². The van der Waals surface area contributed by atoms with Gasteiger partial charge in [-0.2, -0.15) is 0 Å². The highest BCUT2D eigenvalue weighted by molar-refractivity contribution is 5.97. The number of hydrogen-bond donors (Lipinski definition) is 1. The fraction of sp³-hybridized carbons (Fsp3) is 0.290. The molecule has 37 heavy (non-hydrogen) atoms. The normalized spacial score (nSPS) is 18.0. The van der Waals surface area contributed by atoms with E-state index in [4.69, 9.17) is 4.74 Å². The second kappa shape index (κ2) is 10.3. The minimum atomic E-state index is -0.0556.